The SMILES string of the molecule is Cc1cc(-c2cnc(N)c(OC3CCCc4cnccc43)n2)cc2c1CCN(C)C2. The molecule has 0 saturated heterocycles. The molecule has 1 unspecified atom stereocenters. The maximum absolute atomic E-state index is 6.30. The lowest BCUT2D eigenvalue weighted by molar-refractivity contribution is 0.176. The Morgan fingerprint density at radius 3 is 2.97 bits per heavy atom. The van der Waals surface area contributed by atoms with Crippen LogP contribution in [0, 0.1) is 6.92 Å². The summed E-state index contributed by atoms with van der Waals surface area (Å²) in [5.74, 6) is 0.740. The normalized spacial score (nSPS) is 18.5. The molecule has 5 rings (SSSR count). The molecule has 3 heterocycles. The van der Waals surface area contributed by atoms with Gasteiger partial charge in [-0.1, -0.05) is 0 Å². The maximum atomic E-state index is 6.30. The number of hydrogen-bond acceptors (Lipinski definition) is 6. The predicted molar refractivity (Wildman–Crippen MR) is 117 cm³/mol. The van der Waals surface area contributed by atoms with Crippen molar-refractivity contribution >= 4 is 5.82 Å². The van der Waals surface area contributed by atoms with Crippen LogP contribution in [0.5, 0.6) is 5.88 Å². The van der Waals surface area contributed by atoms with Crippen LogP contribution in [0.3, 0.4) is 0 Å². The van der Waals surface area contributed by atoms with Crippen molar-refractivity contribution in [1.82, 2.24) is 19.9 Å². The Morgan fingerprint density at radius 2 is 2.07 bits per heavy atom. The van der Waals surface area contributed by atoms with E-state index in [-0.39, 0.29) is 6.10 Å². The number of hydrogen-bond donors (Lipinski definition) is 1. The monoisotopic (exact) mass is 401 g/mol. The summed E-state index contributed by atoms with van der Waals surface area (Å²) in [6.45, 7) is 4.25. The van der Waals surface area contributed by atoms with E-state index in [1.54, 1.807) is 6.20 Å². The van der Waals surface area contributed by atoms with E-state index in [2.05, 4.69) is 41.0 Å². The number of ether oxygens (including phenoxy) is 1. The van der Waals surface area contributed by atoms with Gasteiger partial charge in [0.1, 0.15) is 6.10 Å². The molecule has 0 saturated carbocycles. The molecule has 0 bridgehead atoms. The molecular weight excluding hydrogens is 374 g/mol. The van der Waals surface area contributed by atoms with Gasteiger partial charge in [-0.05, 0) is 85.7 Å². The van der Waals surface area contributed by atoms with Crippen LogP contribution in [-0.2, 0) is 19.4 Å². The predicted octanol–water partition coefficient (Wildman–Crippen LogP) is 3.87. The zero-order chi connectivity index (χ0) is 20.7. The van der Waals surface area contributed by atoms with Gasteiger partial charge in [0.25, 0.3) is 5.88 Å². The third kappa shape index (κ3) is 3.52. The highest BCUT2D eigenvalue weighted by Crippen LogP contribution is 2.35. The standard InChI is InChI=1S/C24H27N5O/c1-15-10-17(11-18-14-29(2)9-7-19(15)18)21-13-27-23(25)24(28-21)30-22-5-3-4-16-12-26-8-6-20(16)22/h6,8,10-13,22H,3-5,7,9,14H2,1-2H3,(H2,25,27). The molecule has 3 aromatic rings. The fourth-order valence-corrected chi connectivity index (χ4v) is 4.67. The molecule has 0 amide bonds. The van der Waals surface area contributed by atoms with Crippen molar-refractivity contribution in [3.63, 3.8) is 0 Å². The lowest BCUT2D eigenvalue weighted by atomic mass is 9.91. The molecule has 1 aliphatic heterocycles. The molecule has 2 aromatic heterocycles. The fourth-order valence-electron chi connectivity index (χ4n) is 4.67. The van der Waals surface area contributed by atoms with Crippen LogP contribution >= 0.6 is 0 Å². The van der Waals surface area contributed by atoms with E-state index in [1.807, 2.05) is 18.5 Å². The Kier molecular flexibility index (Phi) is 4.87. The van der Waals surface area contributed by atoms with Gasteiger partial charge in [0.2, 0.25) is 0 Å². The van der Waals surface area contributed by atoms with E-state index in [1.165, 1.54) is 27.8 Å². The summed E-state index contributed by atoms with van der Waals surface area (Å²) in [6, 6.07) is 6.48. The molecule has 154 valence electrons. The molecule has 6 nitrogen and oxygen atoms in total. The second-order valence-electron chi connectivity index (χ2n) is 8.44. The molecule has 0 fully saturated rings. The number of nitrogens with two attached hydrogens (primary N) is 1. The molecule has 1 aliphatic carbocycles. The van der Waals surface area contributed by atoms with E-state index in [4.69, 9.17) is 15.5 Å². The summed E-state index contributed by atoms with van der Waals surface area (Å²) in [7, 11) is 2.16. The molecule has 2 aliphatic rings. The summed E-state index contributed by atoms with van der Waals surface area (Å²) in [5, 5.41) is 0. The highest BCUT2D eigenvalue weighted by molar-refractivity contribution is 5.64. The average Bonchev–Trinajstić information content (AvgIpc) is 2.75. The molecular formula is C24H27N5O. The van der Waals surface area contributed by atoms with E-state index in [9.17, 15) is 0 Å². The van der Waals surface area contributed by atoms with Crippen molar-refractivity contribution in [1.29, 1.82) is 0 Å². The van der Waals surface area contributed by atoms with E-state index in [0.717, 1.165) is 50.0 Å². The van der Waals surface area contributed by atoms with Gasteiger partial charge in [-0.25, -0.2) is 9.97 Å². The number of fused-ring (bicyclic) bond motifs is 2. The second-order valence-corrected chi connectivity index (χ2v) is 8.44. The summed E-state index contributed by atoms with van der Waals surface area (Å²) in [4.78, 5) is 15.8. The van der Waals surface area contributed by atoms with Crippen LogP contribution < -0.4 is 10.5 Å². The number of rotatable bonds is 3. The van der Waals surface area contributed by atoms with Crippen molar-refractivity contribution in [2.45, 2.75) is 45.3 Å². The van der Waals surface area contributed by atoms with Gasteiger partial charge in [0, 0.05) is 31.0 Å². The van der Waals surface area contributed by atoms with Gasteiger partial charge in [0.05, 0.1) is 11.9 Å². The highest BCUT2D eigenvalue weighted by atomic mass is 16.5. The first kappa shape index (κ1) is 19.0. The number of benzene rings is 1. The Hall–Kier alpha value is -2.99. The molecule has 6 heteroatoms. The fraction of sp³-hybridized carbons (Fsp3) is 0.375. The van der Waals surface area contributed by atoms with E-state index >= 15 is 0 Å². The van der Waals surface area contributed by atoms with Gasteiger partial charge in [-0.15, -0.1) is 0 Å². The Labute approximate surface area is 177 Å². The maximum Gasteiger partial charge on any atom is 0.258 e. The van der Waals surface area contributed by atoms with Crippen molar-refractivity contribution in [2.24, 2.45) is 0 Å². The lowest BCUT2D eigenvalue weighted by Crippen LogP contribution is -2.27. The van der Waals surface area contributed by atoms with Crippen molar-refractivity contribution in [3.8, 4) is 17.1 Å². The highest BCUT2D eigenvalue weighted by Gasteiger charge is 2.24. The molecule has 0 radical (unpaired) electrons. The minimum absolute atomic E-state index is 0.0671. The first-order chi connectivity index (χ1) is 14.6. The summed E-state index contributed by atoms with van der Waals surface area (Å²) >= 11 is 0. The first-order valence-electron chi connectivity index (χ1n) is 10.6. The van der Waals surface area contributed by atoms with Gasteiger partial charge >= 0.3 is 0 Å². The van der Waals surface area contributed by atoms with Crippen molar-refractivity contribution in [3.05, 3.63) is 64.6 Å². The van der Waals surface area contributed by atoms with E-state index < -0.39 is 0 Å². The number of aromatic nitrogens is 3. The summed E-state index contributed by atoms with van der Waals surface area (Å²) in [6.07, 6.45) is 9.56. The second kappa shape index (κ2) is 7.69. The Bertz CT molecular complexity index is 1100. The average molecular weight is 402 g/mol. The minimum Gasteiger partial charge on any atom is -0.467 e. The van der Waals surface area contributed by atoms with Crippen LogP contribution in [0.25, 0.3) is 11.3 Å². The van der Waals surface area contributed by atoms with Crippen LogP contribution in [0.1, 0.15) is 46.8 Å². The summed E-state index contributed by atoms with van der Waals surface area (Å²) in [5.41, 5.74) is 14.6. The van der Waals surface area contributed by atoms with Gasteiger partial charge in [-0.3, -0.25) is 4.98 Å². The zero-order valence-electron chi connectivity index (χ0n) is 17.6. The topological polar surface area (TPSA) is 77.2 Å². The molecule has 30 heavy (non-hydrogen) atoms. The molecule has 2 N–H and O–H groups in total. The van der Waals surface area contributed by atoms with E-state index in [0.29, 0.717) is 11.7 Å². The number of nitrogens with zero attached hydrogens (tertiary/aromatic N) is 4. The van der Waals surface area contributed by atoms with Gasteiger partial charge in [0.15, 0.2) is 5.82 Å². The largest absolute Gasteiger partial charge is 0.467 e. The number of anilines is 1. The molecule has 1 atom stereocenters. The Morgan fingerprint density at radius 1 is 1.17 bits per heavy atom. The summed E-state index contributed by atoms with van der Waals surface area (Å²) < 4.78 is 6.30. The molecule has 1 aromatic carbocycles. The van der Waals surface area contributed by atoms with Crippen molar-refractivity contribution < 1.29 is 4.74 Å². The van der Waals surface area contributed by atoms with Crippen LogP contribution in [0.4, 0.5) is 5.82 Å². The number of aryl methyl sites for hydroxylation is 2. The quantitative estimate of drug-likeness (QED) is 0.718. The van der Waals surface area contributed by atoms with Crippen LogP contribution in [0.2, 0.25) is 0 Å². The third-order valence-electron chi connectivity index (χ3n) is 6.27. The van der Waals surface area contributed by atoms with Crippen molar-refractivity contribution in [2.75, 3.05) is 19.3 Å². The van der Waals surface area contributed by atoms with Crippen LogP contribution in [0.15, 0.2) is 36.8 Å². The minimum atomic E-state index is -0.0671. The zero-order valence-corrected chi connectivity index (χ0v) is 17.6. The van der Waals surface area contributed by atoms with Crippen LogP contribution in [-0.4, -0.2) is 33.4 Å². The first-order valence-corrected chi connectivity index (χ1v) is 10.6. The lowest BCUT2D eigenvalue weighted by Gasteiger charge is -2.27. The number of likely N-dealkylation sites (N-methyl/N-ethyl adjacent to an activating group) is 1. The number of pyridine rings is 1. The molecule has 0 spiro atoms. The smallest absolute Gasteiger partial charge is 0.258 e. The Balaban J connectivity index is 1.48. The van der Waals surface area contributed by atoms with Gasteiger partial charge in [-0.2, -0.15) is 0 Å². The number of nitrogen functional groups attached to an aromatic ring is 1. The third-order valence-corrected chi connectivity index (χ3v) is 6.27. The van der Waals surface area contributed by atoms with Gasteiger partial charge < -0.3 is 15.4 Å².